The van der Waals surface area contributed by atoms with E-state index in [0.29, 0.717) is 35.5 Å². The van der Waals surface area contributed by atoms with E-state index in [-0.39, 0.29) is 24.1 Å². The molecule has 0 spiro atoms. The lowest BCUT2D eigenvalue weighted by Gasteiger charge is -2.36. The van der Waals surface area contributed by atoms with Gasteiger partial charge < -0.3 is 9.30 Å². The third-order valence-corrected chi connectivity index (χ3v) is 6.00. The van der Waals surface area contributed by atoms with E-state index in [2.05, 4.69) is 25.8 Å². The van der Waals surface area contributed by atoms with Gasteiger partial charge in [-0.05, 0) is 48.8 Å². The number of alkyl halides is 3. The van der Waals surface area contributed by atoms with Gasteiger partial charge in [0.25, 0.3) is 0 Å². The Bertz CT molecular complexity index is 873. The lowest BCUT2D eigenvalue weighted by molar-refractivity contribution is -0.156. The number of imidazole rings is 1. The molecular formula is C22H29F3N2O2. The number of fused-ring (bicyclic) bond motifs is 1. The molecule has 7 heteroatoms. The van der Waals surface area contributed by atoms with E-state index in [4.69, 9.17) is 4.74 Å². The van der Waals surface area contributed by atoms with Crippen molar-refractivity contribution in [2.24, 2.45) is 17.8 Å². The van der Waals surface area contributed by atoms with Gasteiger partial charge in [-0.3, -0.25) is 4.79 Å². The minimum atomic E-state index is -4.42. The Morgan fingerprint density at radius 3 is 2.66 bits per heavy atom. The van der Waals surface area contributed by atoms with Gasteiger partial charge in [0, 0.05) is 6.42 Å². The maximum Gasteiger partial charge on any atom is 0.416 e. The number of halogens is 3. The van der Waals surface area contributed by atoms with E-state index < -0.39 is 11.7 Å². The average molecular weight is 410 g/mol. The zero-order valence-corrected chi connectivity index (χ0v) is 17.4. The minimum Gasteiger partial charge on any atom is -0.461 e. The summed E-state index contributed by atoms with van der Waals surface area (Å²) < 4.78 is 46.5. The second-order valence-corrected chi connectivity index (χ2v) is 8.52. The first-order valence-electron chi connectivity index (χ1n) is 10.4. The maximum absolute atomic E-state index is 13.0. The van der Waals surface area contributed by atoms with Crippen LogP contribution < -0.4 is 0 Å². The lowest BCUT2D eigenvalue weighted by Crippen LogP contribution is -2.36. The number of aromatic nitrogens is 2. The summed E-state index contributed by atoms with van der Waals surface area (Å²) in [7, 11) is 0. The van der Waals surface area contributed by atoms with Crippen LogP contribution >= 0.6 is 0 Å². The molecule has 1 heterocycles. The molecule has 1 aromatic heterocycles. The highest BCUT2D eigenvalue weighted by Gasteiger charge is 2.34. The summed E-state index contributed by atoms with van der Waals surface area (Å²) >= 11 is 0. The summed E-state index contributed by atoms with van der Waals surface area (Å²) in [6.45, 7) is 8.30. The van der Waals surface area contributed by atoms with Crippen molar-refractivity contribution < 1.29 is 22.7 Å². The quantitative estimate of drug-likeness (QED) is 0.601. The van der Waals surface area contributed by atoms with E-state index in [9.17, 15) is 18.0 Å². The predicted molar refractivity (Wildman–Crippen MR) is 105 cm³/mol. The molecule has 0 N–H and O–H groups in total. The van der Waals surface area contributed by atoms with Crippen molar-refractivity contribution in [3.63, 3.8) is 0 Å². The number of carbonyl (C=O) groups excluding carboxylic acids is 1. The van der Waals surface area contributed by atoms with Crippen molar-refractivity contribution in [1.82, 2.24) is 9.55 Å². The van der Waals surface area contributed by atoms with Crippen LogP contribution in [-0.4, -0.2) is 21.6 Å². The fourth-order valence-electron chi connectivity index (χ4n) is 4.39. The third-order valence-electron chi connectivity index (χ3n) is 6.00. The van der Waals surface area contributed by atoms with Crippen LogP contribution in [0.25, 0.3) is 11.0 Å². The Morgan fingerprint density at radius 1 is 1.31 bits per heavy atom. The summed E-state index contributed by atoms with van der Waals surface area (Å²) in [4.78, 5) is 17.1. The van der Waals surface area contributed by atoms with Gasteiger partial charge in [-0.2, -0.15) is 13.2 Å². The average Bonchev–Trinajstić information content (AvgIpc) is 2.97. The third kappa shape index (κ3) is 4.75. The number of benzene rings is 1. The highest BCUT2D eigenvalue weighted by molar-refractivity contribution is 5.79. The van der Waals surface area contributed by atoms with Gasteiger partial charge in [0.1, 0.15) is 18.5 Å². The molecule has 0 aliphatic heterocycles. The number of aryl methyl sites for hydroxylation is 1. The second kappa shape index (κ2) is 8.36. The maximum atomic E-state index is 13.0. The summed E-state index contributed by atoms with van der Waals surface area (Å²) in [5, 5.41) is 0. The van der Waals surface area contributed by atoms with Crippen molar-refractivity contribution in [1.29, 1.82) is 0 Å². The van der Waals surface area contributed by atoms with Gasteiger partial charge in [0.05, 0.1) is 16.6 Å². The molecule has 0 amide bonds. The first kappa shape index (κ1) is 21.7. The van der Waals surface area contributed by atoms with Gasteiger partial charge >= 0.3 is 12.1 Å². The molecule has 0 radical (unpaired) electrons. The normalized spacial score (nSPS) is 23.0. The predicted octanol–water partition coefficient (Wildman–Crippen LogP) is 5.62. The molecule has 29 heavy (non-hydrogen) atoms. The van der Waals surface area contributed by atoms with Crippen molar-refractivity contribution in [3.05, 3.63) is 29.6 Å². The van der Waals surface area contributed by atoms with Crippen molar-refractivity contribution in [2.75, 3.05) is 0 Å². The SMILES string of the molecule is CCc1nc2cc(C(F)(F)F)ccc2n1CC(=O)O[C@@H]1C[C@H](C)CCC1C(C)C. The molecule has 1 unspecified atom stereocenters. The number of ether oxygens (including phenoxy) is 1. The lowest BCUT2D eigenvalue weighted by atomic mass is 9.75. The Kier molecular flexibility index (Phi) is 6.24. The highest BCUT2D eigenvalue weighted by atomic mass is 19.4. The first-order chi connectivity index (χ1) is 13.6. The number of rotatable bonds is 5. The van der Waals surface area contributed by atoms with E-state index in [1.807, 2.05) is 6.92 Å². The Balaban J connectivity index is 1.82. The van der Waals surface area contributed by atoms with Crippen LogP contribution in [0.1, 0.15) is 58.3 Å². The van der Waals surface area contributed by atoms with Crippen LogP contribution in [0.3, 0.4) is 0 Å². The van der Waals surface area contributed by atoms with E-state index >= 15 is 0 Å². The molecular weight excluding hydrogens is 381 g/mol. The van der Waals surface area contributed by atoms with Crippen LogP contribution in [-0.2, 0) is 28.7 Å². The smallest absolute Gasteiger partial charge is 0.416 e. The summed E-state index contributed by atoms with van der Waals surface area (Å²) in [5.74, 6) is 1.51. The molecule has 1 aliphatic rings. The van der Waals surface area contributed by atoms with Crippen LogP contribution in [0.15, 0.2) is 18.2 Å². The van der Waals surface area contributed by atoms with Crippen molar-refractivity contribution in [2.45, 2.75) is 72.2 Å². The number of nitrogens with zero attached hydrogens (tertiary/aromatic N) is 2. The Labute approximate surface area is 169 Å². The number of esters is 1. The Morgan fingerprint density at radius 2 is 2.03 bits per heavy atom. The molecule has 3 atom stereocenters. The van der Waals surface area contributed by atoms with Gasteiger partial charge in [0.15, 0.2) is 0 Å². The van der Waals surface area contributed by atoms with Gasteiger partial charge in [-0.15, -0.1) is 0 Å². The molecule has 2 aromatic rings. The molecule has 4 nitrogen and oxygen atoms in total. The minimum absolute atomic E-state index is 0.0409. The summed E-state index contributed by atoms with van der Waals surface area (Å²) in [6, 6.07) is 3.45. The molecule has 0 bridgehead atoms. The standard InChI is InChI=1S/C22H29F3N2O2/c1-5-20-26-17-11-15(22(23,24)25)7-9-18(17)27(20)12-21(28)29-19-10-14(4)6-8-16(19)13(2)3/h7,9,11,13-14,16,19H,5-6,8,10,12H2,1-4H3/t14-,16?,19-/m1/s1. The number of hydrogen-bond acceptors (Lipinski definition) is 3. The highest BCUT2D eigenvalue weighted by Crippen LogP contribution is 2.36. The largest absolute Gasteiger partial charge is 0.461 e. The molecule has 1 fully saturated rings. The molecule has 1 saturated carbocycles. The topological polar surface area (TPSA) is 44.1 Å². The van der Waals surface area contributed by atoms with Gasteiger partial charge in [-0.25, -0.2) is 4.98 Å². The van der Waals surface area contributed by atoms with Crippen LogP contribution in [0, 0.1) is 17.8 Å². The first-order valence-corrected chi connectivity index (χ1v) is 10.4. The van der Waals surface area contributed by atoms with Crippen LogP contribution in [0.4, 0.5) is 13.2 Å². The van der Waals surface area contributed by atoms with E-state index in [1.165, 1.54) is 6.07 Å². The Hall–Kier alpha value is -2.05. The van der Waals surface area contributed by atoms with E-state index in [0.717, 1.165) is 31.4 Å². The molecule has 3 rings (SSSR count). The molecule has 160 valence electrons. The van der Waals surface area contributed by atoms with Crippen LogP contribution in [0.2, 0.25) is 0 Å². The summed E-state index contributed by atoms with van der Waals surface area (Å²) in [5.41, 5.74) is 0.0240. The van der Waals surface area contributed by atoms with Gasteiger partial charge in [0.2, 0.25) is 0 Å². The molecule has 0 saturated heterocycles. The zero-order chi connectivity index (χ0) is 21.3. The van der Waals surface area contributed by atoms with Crippen molar-refractivity contribution in [3.8, 4) is 0 Å². The summed E-state index contributed by atoms with van der Waals surface area (Å²) in [6.07, 6.45) is -0.974. The fraction of sp³-hybridized carbons (Fsp3) is 0.636. The second-order valence-electron chi connectivity index (χ2n) is 8.52. The fourth-order valence-corrected chi connectivity index (χ4v) is 4.39. The number of hydrogen-bond donors (Lipinski definition) is 0. The number of carbonyl (C=O) groups is 1. The monoisotopic (exact) mass is 410 g/mol. The van der Waals surface area contributed by atoms with Crippen LogP contribution in [0.5, 0.6) is 0 Å². The molecule has 1 aromatic carbocycles. The zero-order valence-electron chi connectivity index (χ0n) is 17.4. The van der Waals surface area contributed by atoms with Gasteiger partial charge in [-0.1, -0.05) is 34.1 Å². The van der Waals surface area contributed by atoms with E-state index in [1.54, 1.807) is 4.57 Å². The molecule has 1 aliphatic carbocycles. The van der Waals surface area contributed by atoms with Crippen molar-refractivity contribution >= 4 is 17.0 Å².